The van der Waals surface area contributed by atoms with Crippen LogP contribution in [0.1, 0.15) is 0 Å². The summed E-state index contributed by atoms with van der Waals surface area (Å²) in [5, 5.41) is 9.86. The van der Waals surface area contributed by atoms with Gasteiger partial charge in [-0.3, -0.25) is 4.79 Å². The fourth-order valence-electron chi connectivity index (χ4n) is 0.455. The average molecular weight is 177 g/mol. The summed E-state index contributed by atoms with van der Waals surface area (Å²) < 4.78 is 0. The van der Waals surface area contributed by atoms with E-state index < -0.39 is 10.9 Å². The van der Waals surface area contributed by atoms with Crippen LogP contribution in [0.4, 0.5) is 0 Å². The first-order valence-corrected chi connectivity index (χ1v) is 5.55. The molecule has 11 heavy (non-hydrogen) atoms. The average Bonchev–Trinajstić information content (AvgIpc) is 1.86. The smallest absolute Gasteiger partial charge is 0.191 e. The largest absolute Gasteiger partial charge is 0.314 e. The van der Waals surface area contributed by atoms with Crippen LogP contribution < -0.4 is 0 Å². The molecule has 66 valence electrons. The molecule has 0 aromatic carbocycles. The second kappa shape index (κ2) is 5.35. The summed E-state index contributed by atoms with van der Waals surface area (Å²) in [6.45, 7) is 0.398. The molecular weight excluding hydrogens is 162 g/mol. The molecule has 0 unspecified atom stereocenters. The van der Waals surface area contributed by atoms with Crippen molar-refractivity contribution in [1.29, 1.82) is 0 Å². The Labute approximate surface area is 70.0 Å². The SMILES string of the molecule is CN(O)C/C=C/C(=O)[SH](C)C. The van der Waals surface area contributed by atoms with E-state index in [-0.39, 0.29) is 5.12 Å². The maximum absolute atomic E-state index is 11.0. The van der Waals surface area contributed by atoms with Crippen LogP contribution in [0.15, 0.2) is 12.2 Å². The normalized spacial score (nSPS) is 12.6. The molecule has 0 rings (SSSR count). The van der Waals surface area contributed by atoms with Gasteiger partial charge in [0.15, 0.2) is 5.12 Å². The van der Waals surface area contributed by atoms with Gasteiger partial charge in [0.2, 0.25) is 0 Å². The molecule has 0 aliphatic heterocycles. The van der Waals surface area contributed by atoms with Crippen LogP contribution in [-0.2, 0) is 4.79 Å². The number of nitrogens with zero attached hydrogens (tertiary/aromatic N) is 1. The number of thiol groups is 1. The number of carbonyl (C=O) groups is 1. The molecular formula is C7H15NO2S. The van der Waals surface area contributed by atoms with E-state index in [9.17, 15) is 4.79 Å². The zero-order valence-corrected chi connectivity index (χ0v) is 8.01. The molecule has 0 aromatic heterocycles. The number of likely N-dealkylation sites (N-methyl/N-ethyl adjacent to an activating group) is 1. The van der Waals surface area contributed by atoms with Crippen molar-refractivity contribution in [3.63, 3.8) is 0 Å². The minimum absolute atomic E-state index is 0.154. The zero-order valence-electron chi connectivity index (χ0n) is 7.11. The molecule has 3 nitrogen and oxygen atoms in total. The van der Waals surface area contributed by atoms with Crippen molar-refractivity contribution in [2.45, 2.75) is 0 Å². The van der Waals surface area contributed by atoms with Crippen molar-refractivity contribution >= 4 is 16.0 Å². The molecule has 0 fully saturated rings. The van der Waals surface area contributed by atoms with Gasteiger partial charge in [-0.05, 0) is 18.6 Å². The molecule has 4 heteroatoms. The first-order valence-electron chi connectivity index (χ1n) is 3.32. The van der Waals surface area contributed by atoms with Gasteiger partial charge in [0.25, 0.3) is 0 Å². The Kier molecular flexibility index (Phi) is 5.19. The highest BCUT2D eigenvalue weighted by Crippen LogP contribution is 2.14. The van der Waals surface area contributed by atoms with Gasteiger partial charge in [-0.25, -0.2) is 0 Å². The quantitative estimate of drug-likeness (QED) is 0.378. The van der Waals surface area contributed by atoms with E-state index >= 15 is 0 Å². The predicted molar refractivity (Wildman–Crippen MR) is 49.4 cm³/mol. The molecule has 0 saturated heterocycles. The number of carbonyl (C=O) groups excluding carboxylic acids is 1. The third-order valence-corrected chi connectivity index (χ3v) is 2.10. The summed E-state index contributed by atoms with van der Waals surface area (Å²) in [6.07, 6.45) is 7.00. The van der Waals surface area contributed by atoms with Gasteiger partial charge in [0.05, 0.1) is 0 Å². The van der Waals surface area contributed by atoms with Crippen molar-refractivity contribution < 1.29 is 10.0 Å². The van der Waals surface area contributed by atoms with Gasteiger partial charge in [0.1, 0.15) is 0 Å². The van der Waals surface area contributed by atoms with Crippen LogP contribution in [0.25, 0.3) is 0 Å². The number of hydrogen-bond donors (Lipinski definition) is 2. The highest BCUT2D eigenvalue weighted by Gasteiger charge is 1.96. The first-order chi connectivity index (χ1) is 5.04. The Bertz CT molecular complexity index is 155. The van der Waals surface area contributed by atoms with Crippen molar-refractivity contribution in [2.75, 3.05) is 26.1 Å². The molecule has 0 amide bonds. The summed E-state index contributed by atoms with van der Waals surface area (Å²) >= 11 is 0. The fraction of sp³-hybridized carbons (Fsp3) is 0.571. The molecule has 0 atom stereocenters. The Morgan fingerprint density at radius 2 is 2.18 bits per heavy atom. The Morgan fingerprint density at radius 3 is 2.55 bits per heavy atom. The molecule has 0 bridgehead atoms. The Balaban J connectivity index is 3.66. The second-order valence-corrected chi connectivity index (χ2v) is 4.70. The lowest BCUT2D eigenvalue weighted by Crippen LogP contribution is -2.11. The van der Waals surface area contributed by atoms with Gasteiger partial charge >= 0.3 is 0 Å². The van der Waals surface area contributed by atoms with Crippen LogP contribution in [0.2, 0.25) is 0 Å². The Morgan fingerprint density at radius 1 is 1.64 bits per heavy atom. The molecule has 0 aliphatic carbocycles. The molecule has 0 heterocycles. The molecule has 0 saturated carbocycles. The summed E-state index contributed by atoms with van der Waals surface area (Å²) in [4.78, 5) is 11.0. The van der Waals surface area contributed by atoms with Crippen LogP contribution in [0.5, 0.6) is 0 Å². The minimum Gasteiger partial charge on any atom is -0.314 e. The summed E-state index contributed by atoms with van der Waals surface area (Å²) in [7, 11) is 1.02. The lowest BCUT2D eigenvalue weighted by molar-refractivity contribution is -0.107. The van der Waals surface area contributed by atoms with E-state index in [2.05, 4.69) is 0 Å². The summed E-state index contributed by atoms with van der Waals surface area (Å²) in [5.41, 5.74) is 0. The monoisotopic (exact) mass is 177 g/mol. The lowest BCUT2D eigenvalue weighted by Gasteiger charge is -2.04. The van der Waals surface area contributed by atoms with E-state index in [1.54, 1.807) is 6.08 Å². The molecule has 0 spiro atoms. The lowest BCUT2D eigenvalue weighted by atomic mass is 10.5. The van der Waals surface area contributed by atoms with Gasteiger partial charge in [-0.1, -0.05) is 6.08 Å². The second-order valence-electron chi connectivity index (χ2n) is 2.48. The number of hydroxylamine groups is 2. The third kappa shape index (κ3) is 6.09. The van der Waals surface area contributed by atoms with Crippen LogP contribution in [0.3, 0.4) is 0 Å². The van der Waals surface area contributed by atoms with Crippen molar-refractivity contribution in [1.82, 2.24) is 5.06 Å². The summed E-state index contributed by atoms with van der Waals surface area (Å²) in [6, 6.07) is 0. The highest BCUT2D eigenvalue weighted by molar-refractivity contribution is 8.29. The van der Waals surface area contributed by atoms with Gasteiger partial charge in [0, 0.05) is 13.6 Å². The van der Waals surface area contributed by atoms with E-state index in [0.717, 1.165) is 5.06 Å². The predicted octanol–water partition coefficient (Wildman–Crippen LogP) is 0.651. The number of hydrogen-bond acceptors (Lipinski definition) is 3. The van der Waals surface area contributed by atoms with E-state index in [0.29, 0.717) is 6.54 Å². The topological polar surface area (TPSA) is 40.5 Å². The highest BCUT2D eigenvalue weighted by atomic mass is 32.2. The maximum Gasteiger partial charge on any atom is 0.191 e. The molecule has 0 aliphatic rings. The van der Waals surface area contributed by atoms with E-state index in [1.807, 2.05) is 12.5 Å². The standard InChI is InChI=1S/C7H15NO2S/c1-8(10)6-4-5-7(9)11(2)3/h4-5,10-11H,6H2,1-3H3/b5-4+. The van der Waals surface area contributed by atoms with Crippen LogP contribution in [0, 0.1) is 0 Å². The van der Waals surface area contributed by atoms with Crippen LogP contribution in [-0.4, -0.2) is 41.5 Å². The van der Waals surface area contributed by atoms with E-state index in [1.165, 1.54) is 13.1 Å². The van der Waals surface area contributed by atoms with Gasteiger partial charge in [-0.2, -0.15) is 16.0 Å². The van der Waals surface area contributed by atoms with Crippen molar-refractivity contribution in [3.8, 4) is 0 Å². The Hall–Kier alpha value is -0.320. The van der Waals surface area contributed by atoms with Gasteiger partial charge in [-0.15, -0.1) is 0 Å². The van der Waals surface area contributed by atoms with Gasteiger partial charge < -0.3 is 5.21 Å². The third-order valence-electron chi connectivity index (χ3n) is 1.07. The molecule has 0 radical (unpaired) electrons. The fourth-order valence-corrected chi connectivity index (χ4v) is 0.859. The first kappa shape index (κ1) is 10.7. The van der Waals surface area contributed by atoms with Crippen LogP contribution >= 0.6 is 10.9 Å². The number of rotatable bonds is 3. The zero-order chi connectivity index (χ0) is 8.85. The maximum atomic E-state index is 11.0. The molecule has 0 aromatic rings. The van der Waals surface area contributed by atoms with Crippen molar-refractivity contribution in [2.24, 2.45) is 0 Å². The molecule has 1 N–H and O–H groups in total. The van der Waals surface area contributed by atoms with Crippen molar-refractivity contribution in [3.05, 3.63) is 12.2 Å². The van der Waals surface area contributed by atoms with E-state index in [4.69, 9.17) is 5.21 Å². The minimum atomic E-state index is -0.518. The summed E-state index contributed by atoms with van der Waals surface area (Å²) in [5.74, 6) is 0.